The number of piperazine rings is 1. The van der Waals surface area contributed by atoms with E-state index >= 15 is 0 Å². The van der Waals surface area contributed by atoms with Crippen molar-refractivity contribution < 1.29 is 8.42 Å². The van der Waals surface area contributed by atoms with Gasteiger partial charge in [0.05, 0.1) is 12.3 Å². The van der Waals surface area contributed by atoms with Crippen molar-refractivity contribution in [2.75, 3.05) is 45.5 Å². The Kier molecular flexibility index (Phi) is 6.09. The van der Waals surface area contributed by atoms with Crippen molar-refractivity contribution in [2.45, 2.75) is 24.8 Å². The standard InChI is InChI=1S/C24H31ClN4O2S/c1-32(30,31)29-11-6-17(7-12-29)23-20-5-4-19(25)15-18(20)16-22(28-13-9-26-10-14-28)21-3-2-8-27-24(21)23/h2-5,8,15-17,23-24,26-27H,6-7,9-14H2,1H3. The van der Waals surface area contributed by atoms with Crippen LogP contribution in [0.25, 0.3) is 6.08 Å². The molecule has 1 aromatic carbocycles. The number of benzene rings is 1. The normalized spacial score (nSPS) is 27.0. The minimum absolute atomic E-state index is 0.151. The SMILES string of the molecule is CS(=O)(=O)N1CCC(C2c3ccc(Cl)cc3C=C(N3CCNCC3)C3=CC=CNC32)CC1. The molecule has 0 spiro atoms. The lowest BCUT2D eigenvalue weighted by Gasteiger charge is -2.41. The fraction of sp³-hybridized carbons (Fsp3) is 0.500. The highest BCUT2D eigenvalue weighted by molar-refractivity contribution is 7.88. The Hall–Kier alpha value is -1.80. The smallest absolute Gasteiger partial charge is 0.211 e. The van der Waals surface area contributed by atoms with Crippen LogP contribution in [0.2, 0.25) is 5.02 Å². The van der Waals surface area contributed by atoms with Gasteiger partial charge < -0.3 is 15.5 Å². The third-order valence-corrected chi connectivity index (χ3v) is 8.81. The molecule has 6 nitrogen and oxygen atoms in total. The van der Waals surface area contributed by atoms with E-state index in [0.717, 1.165) is 44.0 Å². The van der Waals surface area contributed by atoms with Crippen molar-refractivity contribution in [1.29, 1.82) is 0 Å². The summed E-state index contributed by atoms with van der Waals surface area (Å²) in [6.45, 7) is 5.09. The number of piperidine rings is 1. The molecular weight excluding hydrogens is 444 g/mol. The van der Waals surface area contributed by atoms with Crippen molar-refractivity contribution in [2.24, 2.45) is 5.92 Å². The summed E-state index contributed by atoms with van der Waals surface area (Å²) in [6, 6.07) is 6.41. The molecule has 3 heterocycles. The Morgan fingerprint density at radius 1 is 1.09 bits per heavy atom. The number of rotatable bonds is 3. The van der Waals surface area contributed by atoms with Crippen molar-refractivity contribution in [3.8, 4) is 0 Å². The van der Waals surface area contributed by atoms with Crippen LogP contribution in [0, 0.1) is 5.92 Å². The minimum atomic E-state index is -3.15. The molecule has 5 rings (SSSR count). The van der Waals surface area contributed by atoms with Gasteiger partial charge in [0.25, 0.3) is 0 Å². The third kappa shape index (κ3) is 4.23. The quantitative estimate of drug-likeness (QED) is 0.705. The van der Waals surface area contributed by atoms with E-state index in [1.165, 1.54) is 28.7 Å². The lowest BCUT2D eigenvalue weighted by molar-refractivity contribution is 0.227. The predicted molar refractivity (Wildman–Crippen MR) is 130 cm³/mol. The molecule has 0 aromatic heterocycles. The number of fused-ring (bicyclic) bond motifs is 2. The van der Waals surface area contributed by atoms with E-state index in [1.807, 2.05) is 12.3 Å². The molecule has 2 saturated heterocycles. The summed E-state index contributed by atoms with van der Waals surface area (Å²) in [5, 5.41) is 7.88. The van der Waals surface area contributed by atoms with Gasteiger partial charge in [0.15, 0.2) is 0 Å². The fourth-order valence-electron chi connectivity index (χ4n) is 5.70. The van der Waals surface area contributed by atoms with Crippen LogP contribution in [0.3, 0.4) is 0 Å². The Bertz CT molecular complexity index is 1070. The Morgan fingerprint density at radius 2 is 1.84 bits per heavy atom. The van der Waals surface area contributed by atoms with Gasteiger partial charge in [-0.2, -0.15) is 0 Å². The van der Waals surface area contributed by atoms with E-state index in [9.17, 15) is 8.42 Å². The highest BCUT2D eigenvalue weighted by atomic mass is 35.5. The first kappa shape index (κ1) is 22.0. The molecule has 2 fully saturated rings. The molecule has 172 valence electrons. The van der Waals surface area contributed by atoms with Crippen LogP contribution in [0.5, 0.6) is 0 Å². The van der Waals surface area contributed by atoms with Crippen molar-refractivity contribution in [1.82, 2.24) is 19.8 Å². The maximum Gasteiger partial charge on any atom is 0.211 e. The van der Waals surface area contributed by atoms with Gasteiger partial charge in [-0.25, -0.2) is 12.7 Å². The van der Waals surface area contributed by atoms with Gasteiger partial charge >= 0.3 is 0 Å². The molecule has 8 heteroatoms. The molecule has 3 aliphatic heterocycles. The van der Waals surface area contributed by atoms with E-state index in [2.05, 4.69) is 45.9 Å². The first-order valence-corrected chi connectivity index (χ1v) is 13.7. The fourth-order valence-corrected chi connectivity index (χ4v) is 6.76. The summed E-state index contributed by atoms with van der Waals surface area (Å²) >= 11 is 6.45. The maximum absolute atomic E-state index is 12.1. The molecule has 1 aliphatic carbocycles. The van der Waals surface area contributed by atoms with E-state index < -0.39 is 10.0 Å². The molecule has 1 aromatic rings. The van der Waals surface area contributed by atoms with Crippen LogP contribution < -0.4 is 10.6 Å². The first-order valence-electron chi connectivity index (χ1n) is 11.5. The summed E-state index contributed by atoms with van der Waals surface area (Å²) in [4.78, 5) is 2.48. The van der Waals surface area contributed by atoms with Gasteiger partial charge in [-0.15, -0.1) is 0 Å². The van der Waals surface area contributed by atoms with Gasteiger partial charge in [-0.1, -0.05) is 23.7 Å². The molecule has 32 heavy (non-hydrogen) atoms. The van der Waals surface area contributed by atoms with E-state index in [-0.39, 0.29) is 12.0 Å². The van der Waals surface area contributed by atoms with E-state index in [1.54, 1.807) is 4.31 Å². The molecule has 2 atom stereocenters. The highest BCUT2D eigenvalue weighted by Gasteiger charge is 2.40. The number of sulfonamides is 1. The summed E-state index contributed by atoms with van der Waals surface area (Å²) in [5.41, 5.74) is 5.07. The predicted octanol–water partition coefficient (Wildman–Crippen LogP) is 2.77. The number of nitrogens with one attached hydrogen (secondary N) is 2. The number of hydrogen-bond acceptors (Lipinski definition) is 5. The van der Waals surface area contributed by atoms with Crippen LogP contribution in [0.1, 0.15) is 29.9 Å². The van der Waals surface area contributed by atoms with Gasteiger partial charge in [0.2, 0.25) is 10.0 Å². The number of dihydropyridines is 1. The molecular formula is C24H31ClN4O2S. The number of halogens is 1. The van der Waals surface area contributed by atoms with Crippen LogP contribution in [-0.2, 0) is 10.0 Å². The molecule has 0 saturated carbocycles. The minimum Gasteiger partial charge on any atom is -0.383 e. The van der Waals surface area contributed by atoms with Gasteiger partial charge in [-0.05, 0) is 65.9 Å². The Balaban J connectivity index is 1.55. The Morgan fingerprint density at radius 3 is 2.56 bits per heavy atom. The zero-order chi connectivity index (χ0) is 22.3. The molecule has 2 unspecified atom stereocenters. The number of hydrogen-bond donors (Lipinski definition) is 2. The highest BCUT2D eigenvalue weighted by Crippen LogP contribution is 2.45. The van der Waals surface area contributed by atoms with Gasteiger partial charge in [-0.3, -0.25) is 0 Å². The zero-order valence-corrected chi connectivity index (χ0v) is 20.0. The van der Waals surface area contributed by atoms with Crippen LogP contribution in [0.4, 0.5) is 0 Å². The van der Waals surface area contributed by atoms with E-state index in [4.69, 9.17) is 11.6 Å². The average molecular weight is 475 g/mol. The lowest BCUT2D eigenvalue weighted by Crippen LogP contribution is -2.47. The van der Waals surface area contributed by atoms with Crippen molar-refractivity contribution >= 4 is 27.7 Å². The monoisotopic (exact) mass is 474 g/mol. The molecule has 0 bridgehead atoms. The molecule has 2 N–H and O–H groups in total. The average Bonchev–Trinajstić information content (AvgIpc) is 2.93. The summed E-state index contributed by atoms with van der Waals surface area (Å²) in [6.07, 6.45) is 11.7. The Labute approximate surface area is 196 Å². The molecule has 0 radical (unpaired) electrons. The summed E-state index contributed by atoms with van der Waals surface area (Å²) < 4.78 is 25.8. The maximum atomic E-state index is 12.1. The third-order valence-electron chi connectivity index (χ3n) is 7.27. The van der Waals surface area contributed by atoms with Crippen molar-refractivity contribution in [3.63, 3.8) is 0 Å². The topological polar surface area (TPSA) is 64.7 Å². The second-order valence-corrected chi connectivity index (χ2v) is 11.6. The summed E-state index contributed by atoms with van der Waals surface area (Å²) in [5.74, 6) is 0.632. The van der Waals surface area contributed by atoms with Crippen LogP contribution >= 0.6 is 11.6 Å². The van der Waals surface area contributed by atoms with E-state index in [0.29, 0.717) is 19.0 Å². The largest absolute Gasteiger partial charge is 0.383 e. The van der Waals surface area contributed by atoms with Crippen LogP contribution in [-0.4, -0.2) is 69.2 Å². The lowest BCUT2D eigenvalue weighted by atomic mass is 9.73. The van der Waals surface area contributed by atoms with Gasteiger partial charge in [0.1, 0.15) is 0 Å². The second-order valence-electron chi connectivity index (χ2n) is 9.19. The van der Waals surface area contributed by atoms with Gasteiger partial charge in [0, 0.05) is 55.9 Å². The number of allylic oxidation sites excluding steroid dienone is 2. The molecule has 4 aliphatic rings. The van der Waals surface area contributed by atoms with Crippen molar-refractivity contribution in [3.05, 3.63) is 64.0 Å². The number of nitrogens with zero attached hydrogens (tertiary/aromatic N) is 2. The van der Waals surface area contributed by atoms with Crippen LogP contribution in [0.15, 0.2) is 47.8 Å². The second kappa shape index (κ2) is 8.86. The first-order chi connectivity index (χ1) is 15.4. The zero-order valence-electron chi connectivity index (χ0n) is 18.4. The summed E-state index contributed by atoms with van der Waals surface area (Å²) in [7, 11) is -3.15. The molecule has 0 amide bonds.